The fourth-order valence-electron chi connectivity index (χ4n) is 3.56. The van der Waals surface area contributed by atoms with Crippen molar-refractivity contribution < 1.29 is 4.79 Å². The van der Waals surface area contributed by atoms with Crippen LogP contribution in [-0.4, -0.2) is 35.6 Å². The zero-order valence-electron chi connectivity index (χ0n) is 17.4. The van der Waals surface area contributed by atoms with E-state index in [0.717, 1.165) is 16.8 Å². The van der Waals surface area contributed by atoms with Crippen LogP contribution in [0.3, 0.4) is 0 Å². The Morgan fingerprint density at radius 1 is 1.00 bits per heavy atom. The van der Waals surface area contributed by atoms with E-state index >= 15 is 0 Å². The van der Waals surface area contributed by atoms with Gasteiger partial charge in [-0.3, -0.25) is 9.78 Å². The number of aromatic nitrogens is 1. The highest BCUT2D eigenvalue weighted by atomic mass is 16.2. The summed E-state index contributed by atoms with van der Waals surface area (Å²) in [4.78, 5) is 18.0. The van der Waals surface area contributed by atoms with Crippen molar-refractivity contribution in [1.82, 2.24) is 9.88 Å². The average molecular weight is 386 g/mol. The predicted octanol–water partition coefficient (Wildman–Crippen LogP) is 4.99. The van der Waals surface area contributed by atoms with E-state index in [2.05, 4.69) is 24.0 Å². The van der Waals surface area contributed by atoms with Crippen molar-refractivity contribution in [2.75, 3.05) is 14.1 Å². The SMILES string of the molecule is Cc1cc(C(=N)CC(c2ccc(C(=O)N(C)C)cc2)c2ccccc2C)ccn1. The first-order valence-corrected chi connectivity index (χ1v) is 9.74. The van der Waals surface area contributed by atoms with E-state index in [1.807, 2.05) is 55.5 Å². The van der Waals surface area contributed by atoms with E-state index in [0.29, 0.717) is 17.7 Å². The predicted molar refractivity (Wildman–Crippen MR) is 118 cm³/mol. The minimum atomic E-state index is -0.0102. The van der Waals surface area contributed by atoms with E-state index < -0.39 is 0 Å². The molecular weight excluding hydrogens is 358 g/mol. The van der Waals surface area contributed by atoms with E-state index in [1.54, 1.807) is 25.2 Å². The standard InChI is InChI=1S/C25H27N3O/c1-17-7-5-6-8-22(17)23(16-24(26)21-13-14-27-18(2)15-21)19-9-11-20(12-10-19)25(29)28(3)4/h5-15,23,26H,16H2,1-4H3. The number of carbonyl (C=O) groups excluding carboxylic acids is 1. The van der Waals surface area contributed by atoms with Crippen molar-refractivity contribution in [3.05, 3.63) is 100 Å². The van der Waals surface area contributed by atoms with Gasteiger partial charge in [0, 0.05) is 49.6 Å². The molecule has 0 aliphatic carbocycles. The van der Waals surface area contributed by atoms with Crippen LogP contribution in [0.4, 0.5) is 0 Å². The summed E-state index contributed by atoms with van der Waals surface area (Å²) in [6.45, 7) is 4.04. The van der Waals surface area contributed by atoms with Crippen LogP contribution in [0.15, 0.2) is 66.9 Å². The lowest BCUT2D eigenvalue weighted by Gasteiger charge is -2.21. The first-order chi connectivity index (χ1) is 13.9. The molecule has 148 valence electrons. The monoisotopic (exact) mass is 385 g/mol. The summed E-state index contributed by atoms with van der Waals surface area (Å²) in [7, 11) is 3.51. The van der Waals surface area contributed by atoms with E-state index in [4.69, 9.17) is 5.41 Å². The number of rotatable bonds is 6. The third-order valence-corrected chi connectivity index (χ3v) is 5.18. The van der Waals surface area contributed by atoms with Gasteiger partial charge in [0.1, 0.15) is 0 Å². The third kappa shape index (κ3) is 4.77. The minimum absolute atomic E-state index is 0.0102. The van der Waals surface area contributed by atoms with Crippen LogP contribution >= 0.6 is 0 Å². The highest BCUT2D eigenvalue weighted by molar-refractivity contribution is 5.99. The fourth-order valence-corrected chi connectivity index (χ4v) is 3.56. The van der Waals surface area contributed by atoms with Gasteiger partial charge in [-0.05, 0) is 60.4 Å². The van der Waals surface area contributed by atoms with E-state index in [1.165, 1.54) is 11.1 Å². The molecule has 1 aromatic heterocycles. The number of benzene rings is 2. The van der Waals surface area contributed by atoms with Crippen LogP contribution in [0.1, 0.15) is 50.6 Å². The molecule has 1 N–H and O–H groups in total. The average Bonchev–Trinajstić information content (AvgIpc) is 2.72. The van der Waals surface area contributed by atoms with Crippen LogP contribution in [0, 0.1) is 19.3 Å². The molecule has 0 aliphatic heterocycles. The lowest BCUT2D eigenvalue weighted by atomic mass is 9.83. The summed E-state index contributed by atoms with van der Waals surface area (Å²) < 4.78 is 0. The van der Waals surface area contributed by atoms with Gasteiger partial charge in [0.05, 0.1) is 0 Å². The molecule has 2 aromatic carbocycles. The lowest BCUT2D eigenvalue weighted by Crippen LogP contribution is -2.21. The number of aryl methyl sites for hydroxylation is 2. The molecular formula is C25H27N3O. The van der Waals surface area contributed by atoms with Crippen LogP contribution in [0.2, 0.25) is 0 Å². The molecule has 0 saturated carbocycles. The molecule has 3 rings (SSSR count). The second kappa shape index (κ2) is 8.82. The van der Waals surface area contributed by atoms with Gasteiger partial charge in [-0.15, -0.1) is 0 Å². The topological polar surface area (TPSA) is 57.1 Å². The molecule has 4 heteroatoms. The third-order valence-electron chi connectivity index (χ3n) is 5.18. The lowest BCUT2D eigenvalue weighted by molar-refractivity contribution is 0.0827. The smallest absolute Gasteiger partial charge is 0.253 e. The van der Waals surface area contributed by atoms with Gasteiger partial charge in [0.25, 0.3) is 5.91 Å². The summed E-state index contributed by atoms with van der Waals surface area (Å²) in [6.07, 6.45) is 2.33. The molecule has 4 nitrogen and oxygen atoms in total. The zero-order valence-corrected chi connectivity index (χ0v) is 17.4. The van der Waals surface area contributed by atoms with Gasteiger partial charge in [0.15, 0.2) is 0 Å². The first-order valence-electron chi connectivity index (χ1n) is 9.74. The highest BCUT2D eigenvalue weighted by Gasteiger charge is 2.20. The Morgan fingerprint density at radius 2 is 1.69 bits per heavy atom. The molecule has 1 amide bonds. The Morgan fingerprint density at radius 3 is 2.31 bits per heavy atom. The Hall–Kier alpha value is -3.27. The molecule has 1 unspecified atom stereocenters. The molecule has 3 aromatic rings. The second-order valence-corrected chi connectivity index (χ2v) is 7.60. The summed E-state index contributed by atoms with van der Waals surface area (Å²) in [5.74, 6) is 0.0321. The maximum atomic E-state index is 12.2. The van der Waals surface area contributed by atoms with Gasteiger partial charge in [-0.2, -0.15) is 0 Å². The normalized spacial score (nSPS) is 11.7. The number of pyridine rings is 1. The molecule has 0 fully saturated rings. The van der Waals surface area contributed by atoms with Crippen molar-refractivity contribution in [3.8, 4) is 0 Å². The molecule has 0 aliphatic rings. The van der Waals surface area contributed by atoms with Crippen molar-refractivity contribution in [2.45, 2.75) is 26.2 Å². The van der Waals surface area contributed by atoms with Crippen molar-refractivity contribution in [3.63, 3.8) is 0 Å². The molecule has 1 atom stereocenters. The zero-order chi connectivity index (χ0) is 21.0. The van der Waals surface area contributed by atoms with Gasteiger partial charge in [-0.25, -0.2) is 0 Å². The van der Waals surface area contributed by atoms with E-state index in [-0.39, 0.29) is 11.8 Å². The summed E-state index contributed by atoms with van der Waals surface area (Å²) in [6, 6.07) is 19.9. The quantitative estimate of drug-likeness (QED) is 0.608. The second-order valence-electron chi connectivity index (χ2n) is 7.60. The largest absolute Gasteiger partial charge is 0.345 e. The van der Waals surface area contributed by atoms with Crippen molar-refractivity contribution in [1.29, 1.82) is 5.41 Å². The van der Waals surface area contributed by atoms with Crippen molar-refractivity contribution in [2.24, 2.45) is 0 Å². The number of hydrogen-bond donors (Lipinski definition) is 1. The molecule has 0 spiro atoms. The Balaban J connectivity index is 1.97. The fraction of sp³-hybridized carbons (Fsp3) is 0.240. The maximum absolute atomic E-state index is 12.2. The van der Waals surface area contributed by atoms with Crippen LogP contribution in [0.25, 0.3) is 0 Å². The number of hydrogen-bond acceptors (Lipinski definition) is 3. The first kappa shape index (κ1) is 20.5. The molecule has 0 bridgehead atoms. The summed E-state index contributed by atoms with van der Waals surface area (Å²) in [5, 5.41) is 8.70. The molecule has 29 heavy (non-hydrogen) atoms. The van der Waals surface area contributed by atoms with Gasteiger partial charge >= 0.3 is 0 Å². The number of nitrogens with one attached hydrogen (secondary N) is 1. The minimum Gasteiger partial charge on any atom is -0.345 e. The molecule has 0 saturated heterocycles. The summed E-state index contributed by atoms with van der Waals surface area (Å²) in [5.41, 5.74) is 6.56. The van der Waals surface area contributed by atoms with Crippen LogP contribution < -0.4 is 0 Å². The van der Waals surface area contributed by atoms with E-state index in [9.17, 15) is 4.79 Å². The number of carbonyl (C=O) groups is 1. The summed E-state index contributed by atoms with van der Waals surface area (Å²) >= 11 is 0. The number of nitrogens with zero attached hydrogens (tertiary/aromatic N) is 2. The van der Waals surface area contributed by atoms with Crippen molar-refractivity contribution >= 4 is 11.6 Å². The maximum Gasteiger partial charge on any atom is 0.253 e. The Bertz CT molecular complexity index is 1020. The van der Waals surface area contributed by atoms with Gasteiger partial charge in [-0.1, -0.05) is 36.4 Å². The highest BCUT2D eigenvalue weighted by Crippen LogP contribution is 2.32. The molecule has 0 radical (unpaired) electrons. The number of amides is 1. The van der Waals surface area contributed by atoms with Crippen LogP contribution in [-0.2, 0) is 0 Å². The molecule has 1 heterocycles. The van der Waals surface area contributed by atoms with Crippen LogP contribution in [0.5, 0.6) is 0 Å². The van der Waals surface area contributed by atoms with Gasteiger partial charge in [0.2, 0.25) is 0 Å². The Kier molecular flexibility index (Phi) is 6.23. The van der Waals surface area contributed by atoms with Gasteiger partial charge < -0.3 is 10.3 Å². The Labute approximate surface area is 172 Å².